The molecule has 1 unspecified atom stereocenters. The lowest BCUT2D eigenvalue weighted by Crippen LogP contribution is -2.20. The second kappa shape index (κ2) is 6.79. The van der Waals surface area contributed by atoms with Gasteiger partial charge in [-0.3, -0.25) is 9.48 Å². The normalized spacial score (nSPS) is 17.2. The first kappa shape index (κ1) is 17.9. The SMILES string of the molecule is CC(C)(C)CC(=O)Nc1nn2c(c1-c1ccc(F)cc1)CC(Cl)CC2. The Morgan fingerprint density at radius 1 is 1.36 bits per heavy atom. The molecule has 0 bridgehead atoms. The van der Waals surface area contributed by atoms with Crippen LogP contribution in [0.15, 0.2) is 24.3 Å². The molecule has 1 aromatic carbocycles. The number of carbonyl (C=O) groups excluding carboxylic acids is 1. The quantitative estimate of drug-likeness (QED) is 0.809. The number of hydrogen-bond acceptors (Lipinski definition) is 2. The molecule has 0 saturated heterocycles. The van der Waals surface area contributed by atoms with Gasteiger partial charge in [0, 0.05) is 36.0 Å². The van der Waals surface area contributed by atoms with E-state index < -0.39 is 0 Å². The van der Waals surface area contributed by atoms with Crippen molar-refractivity contribution in [3.8, 4) is 11.1 Å². The first-order chi connectivity index (χ1) is 11.7. The Morgan fingerprint density at radius 3 is 2.68 bits per heavy atom. The largest absolute Gasteiger partial charge is 0.309 e. The van der Waals surface area contributed by atoms with Gasteiger partial charge in [0.05, 0.1) is 0 Å². The van der Waals surface area contributed by atoms with E-state index in [4.69, 9.17) is 11.6 Å². The van der Waals surface area contributed by atoms with Crippen molar-refractivity contribution in [1.82, 2.24) is 9.78 Å². The highest BCUT2D eigenvalue weighted by molar-refractivity contribution is 6.20. The molecule has 0 saturated carbocycles. The van der Waals surface area contributed by atoms with Crippen LogP contribution in [0, 0.1) is 11.2 Å². The first-order valence-corrected chi connectivity index (χ1v) is 8.96. The third kappa shape index (κ3) is 4.21. The topological polar surface area (TPSA) is 46.9 Å². The van der Waals surface area contributed by atoms with Crippen molar-refractivity contribution in [1.29, 1.82) is 0 Å². The number of hydrogen-bond donors (Lipinski definition) is 1. The molecule has 1 aromatic heterocycles. The molecule has 0 aliphatic carbocycles. The van der Waals surface area contributed by atoms with Gasteiger partial charge in [-0.2, -0.15) is 5.10 Å². The van der Waals surface area contributed by atoms with E-state index >= 15 is 0 Å². The van der Waals surface area contributed by atoms with Crippen molar-refractivity contribution < 1.29 is 9.18 Å². The van der Waals surface area contributed by atoms with Crippen LogP contribution < -0.4 is 5.32 Å². The summed E-state index contributed by atoms with van der Waals surface area (Å²) in [5.41, 5.74) is 2.55. The number of carbonyl (C=O) groups is 1. The minimum absolute atomic E-state index is 0.0431. The molecule has 1 N–H and O–H groups in total. The van der Waals surface area contributed by atoms with Crippen molar-refractivity contribution in [2.75, 3.05) is 5.32 Å². The van der Waals surface area contributed by atoms with E-state index in [0.29, 0.717) is 25.2 Å². The second-order valence-electron chi connectivity index (χ2n) is 7.78. The van der Waals surface area contributed by atoms with Crippen LogP contribution in [0.3, 0.4) is 0 Å². The molecule has 0 fully saturated rings. The van der Waals surface area contributed by atoms with Gasteiger partial charge in [0.2, 0.25) is 5.91 Å². The molecule has 134 valence electrons. The summed E-state index contributed by atoms with van der Waals surface area (Å²) in [5, 5.41) is 7.57. The highest BCUT2D eigenvalue weighted by Gasteiger charge is 2.27. The Morgan fingerprint density at radius 2 is 2.04 bits per heavy atom. The smallest absolute Gasteiger partial charge is 0.226 e. The number of nitrogens with zero attached hydrogens (tertiary/aromatic N) is 2. The molecule has 2 heterocycles. The minimum atomic E-state index is -0.293. The highest BCUT2D eigenvalue weighted by Crippen LogP contribution is 2.36. The summed E-state index contributed by atoms with van der Waals surface area (Å²) in [7, 11) is 0. The number of benzene rings is 1. The number of aromatic nitrogens is 2. The lowest BCUT2D eigenvalue weighted by atomic mass is 9.92. The van der Waals surface area contributed by atoms with E-state index in [-0.39, 0.29) is 22.5 Å². The molecule has 1 amide bonds. The zero-order valence-electron chi connectivity index (χ0n) is 14.8. The standard InChI is InChI=1S/C19H23ClFN3O/c1-19(2,3)11-16(25)22-18-17(12-4-6-14(21)7-5-12)15-10-13(20)8-9-24(15)23-18/h4-7,13H,8-11H2,1-3H3,(H,22,23,25). The van der Waals surface area contributed by atoms with Gasteiger partial charge in [0.25, 0.3) is 0 Å². The molecule has 2 aromatic rings. The molecule has 0 radical (unpaired) electrons. The second-order valence-corrected chi connectivity index (χ2v) is 8.39. The molecule has 3 rings (SSSR count). The maximum atomic E-state index is 13.3. The maximum absolute atomic E-state index is 13.3. The number of alkyl halides is 1. The molecule has 1 atom stereocenters. The van der Waals surface area contributed by atoms with Crippen LogP contribution in [-0.4, -0.2) is 21.1 Å². The summed E-state index contributed by atoms with van der Waals surface area (Å²) < 4.78 is 15.2. The number of nitrogens with one attached hydrogen (secondary N) is 1. The van der Waals surface area contributed by atoms with E-state index in [1.807, 2.05) is 25.5 Å². The Kier molecular flexibility index (Phi) is 4.87. The van der Waals surface area contributed by atoms with Gasteiger partial charge in [0.15, 0.2) is 5.82 Å². The minimum Gasteiger partial charge on any atom is -0.309 e. The summed E-state index contributed by atoms with van der Waals surface area (Å²) in [6.07, 6.45) is 1.92. The Labute approximate surface area is 152 Å². The van der Waals surface area contributed by atoms with E-state index in [0.717, 1.165) is 23.2 Å². The van der Waals surface area contributed by atoms with E-state index in [2.05, 4.69) is 10.4 Å². The number of halogens is 2. The molecule has 0 spiro atoms. The fraction of sp³-hybridized carbons (Fsp3) is 0.474. The zero-order valence-corrected chi connectivity index (χ0v) is 15.5. The molecule has 4 nitrogen and oxygen atoms in total. The van der Waals surface area contributed by atoms with Crippen LogP contribution in [0.1, 0.15) is 39.3 Å². The average Bonchev–Trinajstić information content (AvgIpc) is 2.83. The van der Waals surface area contributed by atoms with Gasteiger partial charge < -0.3 is 5.32 Å². The van der Waals surface area contributed by atoms with Crippen LogP contribution in [-0.2, 0) is 17.8 Å². The summed E-state index contributed by atoms with van der Waals surface area (Å²) in [4.78, 5) is 12.4. The number of fused-ring (bicyclic) bond motifs is 1. The van der Waals surface area contributed by atoms with Crippen molar-refractivity contribution >= 4 is 23.3 Å². The fourth-order valence-corrected chi connectivity index (χ4v) is 3.37. The van der Waals surface area contributed by atoms with Crippen LogP contribution in [0.5, 0.6) is 0 Å². The lowest BCUT2D eigenvalue weighted by molar-refractivity contribution is -0.117. The van der Waals surface area contributed by atoms with Crippen LogP contribution in [0.25, 0.3) is 11.1 Å². The van der Waals surface area contributed by atoms with Gasteiger partial charge >= 0.3 is 0 Å². The number of aryl methyl sites for hydroxylation is 1. The maximum Gasteiger partial charge on any atom is 0.226 e. The van der Waals surface area contributed by atoms with Crippen molar-refractivity contribution in [3.63, 3.8) is 0 Å². The fourth-order valence-electron chi connectivity index (χ4n) is 3.13. The third-order valence-electron chi connectivity index (χ3n) is 4.21. The molecule has 1 aliphatic heterocycles. The summed E-state index contributed by atoms with van der Waals surface area (Å²) in [6, 6.07) is 6.26. The van der Waals surface area contributed by atoms with Gasteiger partial charge in [-0.1, -0.05) is 32.9 Å². The summed E-state index contributed by atoms with van der Waals surface area (Å²) >= 11 is 6.34. The van der Waals surface area contributed by atoms with Crippen molar-refractivity contribution in [3.05, 3.63) is 35.8 Å². The molecule has 6 heteroatoms. The number of amides is 1. The van der Waals surface area contributed by atoms with Crippen molar-refractivity contribution in [2.45, 2.75) is 52.0 Å². The Balaban J connectivity index is 2.00. The van der Waals surface area contributed by atoms with E-state index in [1.165, 1.54) is 12.1 Å². The van der Waals surface area contributed by atoms with Gasteiger partial charge in [-0.15, -0.1) is 11.6 Å². The zero-order chi connectivity index (χ0) is 18.2. The van der Waals surface area contributed by atoms with Crippen LogP contribution in [0.2, 0.25) is 0 Å². The van der Waals surface area contributed by atoms with E-state index in [9.17, 15) is 9.18 Å². The van der Waals surface area contributed by atoms with Gasteiger partial charge in [0.1, 0.15) is 5.82 Å². The predicted molar refractivity (Wildman–Crippen MR) is 98.3 cm³/mol. The lowest BCUT2D eigenvalue weighted by Gasteiger charge is -2.19. The van der Waals surface area contributed by atoms with Crippen LogP contribution in [0.4, 0.5) is 10.2 Å². The van der Waals surface area contributed by atoms with Crippen molar-refractivity contribution in [2.24, 2.45) is 5.41 Å². The highest BCUT2D eigenvalue weighted by atomic mass is 35.5. The number of rotatable bonds is 3. The average molecular weight is 364 g/mol. The summed E-state index contributed by atoms with van der Waals surface area (Å²) in [5.74, 6) is 0.161. The first-order valence-electron chi connectivity index (χ1n) is 8.52. The Hall–Kier alpha value is -1.88. The van der Waals surface area contributed by atoms with E-state index in [1.54, 1.807) is 12.1 Å². The van der Waals surface area contributed by atoms with Crippen LogP contribution >= 0.6 is 11.6 Å². The number of anilines is 1. The molecular formula is C19H23ClFN3O. The van der Waals surface area contributed by atoms with Gasteiger partial charge in [-0.25, -0.2) is 4.39 Å². The molecular weight excluding hydrogens is 341 g/mol. The predicted octanol–water partition coefficient (Wildman–Crippen LogP) is 4.62. The molecule has 1 aliphatic rings. The Bertz CT molecular complexity index is 777. The summed E-state index contributed by atoms with van der Waals surface area (Å²) in [6.45, 7) is 6.77. The molecule has 25 heavy (non-hydrogen) atoms. The third-order valence-corrected chi connectivity index (χ3v) is 4.58. The van der Waals surface area contributed by atoms with Gasteiger partial charge in [-0.05, 0) is 29.5 Å². The monoisotopic (exact) mass is 363 g/mol.